The van der Waals surface area contributed by atoms with Crippen molar-refractivity contribution in [2.45, 2.75) is 6.92 Å². The van der Waals surface area contributed by atoms with Gasteiger partial charge in [-0.1, -0.05) is 11.2 Å². The van der Waals surface area contributed by atoms with E-state index in [9.17, 15) is 18.4 Å². The molecule has 0 aliphatic heterocycles. The van der Waals surface area contributed by atoms with Gasteiger partial charge in [0.1, 0.15) is 5.76 Å². The predicted molar refractivity (Wildman–Crippen MR) is 98.7 cm³/mol. The highest BCUT2D eigenvalue weighted by Gasteiger charge is 2.22. The van der Waals surface area contributed by atoms with Crippen LogP contribution < -0.4 is 10.6 Å². The van der Waals surface area contributed by atoms with E-state index in [2.05, 4.69) is 20.8 Å². The summed E-state index contributed by atoms with van der Waals surface area (Å²) in [4.78, 5) is 29.4. The molecule has 4 aromatic rings. The Kier molecular flexibility index (Phi) is 4.51. The van der Waals surface area contributed by atoms with Gasteiger partial charge < -0.3 is 15.2 Å². The zero-order chi connectivity index (χ0) is 20.5. The molecule has 146 valence electrons. The van der Waals surface area contributed by atoms with Gasteiger partial charge in [-0.2, -0.15) is 0 Å². The number of hydrogen-bond donors (Lipinski definition) is 2. The van der Waals surface area contributed by atoms with Crippen LogP contribution in [0.2, 0.25) is 0 Å². The molecule has 0 aliphatic rings. The van der Waals surface area contributed by atoms with Crippen LogP contribution in [-0.4, -0.2) is 26.4 Å². The fourth-order valence-electron chi connectivity index (χ4n) is 2.73. The third-order valence-corrected chi connectivity index (χ3v) is 4.01. The molecule has 0 saturated carbocycles. The molecular formula is C19H13F2N5O3. The van der Waals surface area contributed by atoms with Crippen LogP contribution in [0, 0.1) is 18.6 Å². The summed E-state index contributed by atoms with van der Waals surface area (Å²) < 4.78 is 32.8. The minimum absolute atomic E-state index is 0.0510. The van der Waals surface area contributed by atoms with Crippen molar-refractivity contribution >= 4 is 28.8 Å². The van der Waals surface area contributed by atoms with Gasteiger partial charge >= 0.3 is 0 Å². The maximum Gasteiger partial charge on any atom is 0.293 e. The summed E-state index contributed by atoms with van der Waals surface area (Å²) in [6.45, 7) is 1.67. The molecule has 0 spiro atoms. The number of imidazole rings is 1. The lowest BCUT2D eigenvalue weighted by Crippen LogP contribution is -2.16. The number of fused-ring (bicyclic) bond motifs is 1. The topological polar surface area (TPSA) is 102 Å². The second kappa shape index (κ2) is 7.15. The maximum atomic E-state index is 13.4. The van der Waals surface area contributed by atoms with E-state index in [1.54, 1.807) is 31.3 Å². The van der Waals surface area contributed by atoms with E-state index in [0.717, 1.165) is 12.1 Å². The van der Waals surface area contributed by atoms with Gasteiger partial charge in [-0.3, -0.25) is 14.0 Å². The molecule has 2 amide bonds. The largest absolute Gasteiger partial charge is 0.360 e. The average Bonchev–Trinajstić information content (AvgIpc) is 3.28. The molecule has 29 heavy (non-hydrogen) atoms. The first kappa shape index (κ1) is 18.3. The number of aryl methyl sites for hydroxylation is 1. The van der Waals surface area contributed by atoms with E-state index in [1.807, 2.05) is 0 Å². The Hall–Kier alpha value is -4.08. The maximum absolute atomic E-state index is 13.4. The van der Waals surface area contributed by atoms with Gasteiger partial charge in [-0.15, -0.1) is 0 Å². The van der Waals surface area contributed by atoms with Crippen LogP contribution in [0.1, 0.15) is 26.9 Å². The van der Waals surface area contributed by atoms with Crippen LogP contribution >= 0.6 is 0 Å². The Labute approximate surface area is 162 Å². The molecule has 0 radical (unpaired) electrons. The van der Waals surface area contributed by atoms with E-state index >= 15 is 0 Å². The first-order chi connectivity index (χ1) is 13.9. The highest BCUT2D eigenvalue weighted by atomic mass is 19.2. The van der Waals surface area contributed by atoms with Gasteiger partial charge in [0.15, 0.2) is 23.1 Å². The summed E-state index contributed by atoms with van der Waals surface area (Å²) in [7, 11) is 0. The highest BCUT2D eigenvalue weighted by Crippen LogP contribution is 2.18. The number of carbonyl (C=O) groups excluding carboxylic acids is 2. The van der Waals surface area contributed by atoms with E-state index in [-0.39, 0.29) is 23.0 Å². The van der Waals surface area contributed by atoms with Crippen LogP contribution in [-0.2, 0) is 0 Å². The summed E-state index contributed by atoms with van der Waals surface area (Å²) in [6.07, 6.45) is 1.57. The summed E-state index contributed by atoms with van der Waals surface area (Å²) in [5, 5.41) is 8.66. The number of nitrogens with zero attached hydrogens (tertiary/aromatic N) is 3. The van der Waals surface area contributed by atoms with E-state index < -0.39 is 23.4 Å². The van der Waals surface area contributed by atoms with Crippen molar-refractivity contribution in [2.24, 2.45) is 0 Å². The molecule has 0 atom stereocenters. The zero-order valence-electron chi connectivity index (χ0n) is 14.9. The SMILES string of the molecule is Cc1cc(NC(=O)c2nc(C(=O)Nc3ccc(F)c(F)c3)c3ccccn23)no1. The number of pyridine rings is 1. The predicted octanol–water partition coefficient (Wildman–Crippen LogP) is 3.41. The summed E-state index contributed by atoms with van der Waals surface area (Å²) >= 11 is 0. The number of halogens is 2. The lowest BCUT2D eigenvalue weighted by atomic mass is 10.2. The molecule has 3 heterocycles. The van der Waals surface area contributed by atoms with Gasteiger partial charge in [0, 0.05) is 24.0 Å². The minimum atomic E-state index is -1.10. The van der Waals surface area contributed by atoms with E-state index in [0.29, 0.717) is 11.3 Å². The second-order valence-electron chi connectivity index (χ2n) is 6.10. The van der Waals surface area contributed by atoms with Crippen LogP contribution in [0.15, 0.2) is 53.2 Å². The van der Waals surface area contributed by atoms with Crippen molar-refractivity contribution in [3.8, 4) is 0 Å². The molecule has 3 aromatic heterocycles. The van der Waals surface area contributed by atoms with Crippen molar-refractivity contribution in [1.29, 1.82) is 0 Å². The van der Waals surface area contributed by atoms with Crippen LogP contribution in [0.3, 0.4) is 0 Å². The van der Waals surface area contributed by atoms with Gasteiger partial charge in [0.25, 0.3) is 11.8 Å². The number of anilines is 2. The molecule has 0 unspecified atom stereocenters. The molecule has 8 nitrogen and oxygen atoms in total. The molecule has 2 N–H and O–H groups in total. The molecule has 1 aromatic carbocycles. The zero-order valence-corrected chi connectivity index (χ0v) is 14.9. The van der Waals surface area contributed by atoms with Crippen molar-refractivity contribution < 1.29 is 22.9 Å². The average molecular weight is 397 g/mol. The fourth-order valence-corrected chi connectivity index (χ4v) is 2.73. The molecular weight excluding hydrogens is 384 g/mol. The quantitative estimate of drug-likeness (QED) is 0.550. The number of amides is 2. The van der Waals surface area contributed by atoms with E-state index in [4.69, 9.17) is 4.52 Å². The van der Waals surface area contributed by atoms with Crippen LogP contribution in [0.4, 0.5) is 20.3 Å². The fraction of sp³-hybridized carbons (Fsp3) is 0.0526. The number of nitrogens with one attached hydrogen (secondary N) is 2. The summed E-state index contributed by atoms with van der Waals surface area (Å²) in [6, 6.07) is 9.45. The van der Waals surface area contributed by atoms with Crippen molar-refractivity contribution in [3.63, 3.8) is 0 Å². The first-order valence-electron chi connectivity index (χ1n) is 8.40. The lowest BCUT2D eigenvalue weighted by Gasteiger charge is -2.04. The highest BCUT2D eigenvalue weighted by molar-refractivity contribution is 6.10. The molecule has 0 fully saturated rings. The van der Waals surface area contributed by atoms with Crippen LogP contribution in [0.5, 0.6) is 0 Å². The number of carbonyl (C=O) groups is 2. The normalized spacial score (nSPS) is 10.9. The smallest absolute Gasteiger partial charge is 0.293 e. The summed E-state index contributed by atoms with van der Waals surface area (Å²) in [5.74, 6) is -2.76. The van der Waals surface area contributed by atoms with Gasteiger partial charge in [0.2, 0.25) is 5.82 Å². The van der Waals surface area contributed by atoms with Gasteiger partial charge in [0.05, 0.1) is 5.52 Å². The number of hydrogen-bond acceptors (Lipinski definition) is 5. The standard InChI is InChI=1S/C19H13F2N5O3/c1-10-8-15(25-29-10)23-19(28)17-24-16(14-4-2-3-7-26(14)17)18(27)22-11-5-6-12(20)13(21)9-11/h2-9H,1H3,(H,22,27)(H,23,25,28). The molecule has 0 saturated heterocycles. The lowest BCUT2D eigenvalue weighted by molar-refractivity contribution is 0.101. The molecule has 10 heteroatoms. The van der Waals surface area contributed by atoms with Gasteiger partial charge in [-0.05, 0) is 31.2 Å². The minimum Gasteiger partial charge on any atom is -0.360 e. The Morgan fingerprint density at radius 1 is 1.03 bits per heavy atom. The molecule has 0 aliphatic carbocycles. The number of rotatable bonds is 4. The third kappa shape index (κ3) is 3.55. The van der Waals surface area contributed by atoms with Gasteiger partial charge in [-0.25, -0.2) is 13.8 Å². The Morgan fingerprint density at radius 3 is 2.59 bits per heavy atom. The van der Waals surface area contributed by atoms with Crippen molar-refractivity contribution in [3.05, 3.63) is 77.6 Å². The number of aromatic nitrogens is 3. The molecule has 0 bridgehead atoms. The monoisotopic (exact) mass is 397 g/mol. The Balaban J connectivity index is 1.67. The number of benzene rings is 1. The van der Waals surface area contributed by atoms with Crippen molar-refractivity contribution in [1.82, 2.24) is 14.5 Å². The Bertz CT molecular complexity index is 1250. The van der Waals surface area contributed by atoms with Crippen molar-refractivity contribution in [2.75, 3.05) is 10.6 Å². The van der Waals surface area contributed by atoms with E-state index in [1.165, 1.54) is 16.5 Å². The third-order valence-electron chi connectivity index (χ3n) is 4.01. The first-order valence-corrected chi connectivity index (χ1v) is 8.40. The van der Waals surface area contributed by atoms with Crippen LogP contribution in [0.25, 0.3) is 5.52 Å². The summed E-state index contributed by atoms with van der Waals surface area (Å²) in [5.41, 5.74) is 0.348. The second-order valence-corrected chi connectivity index (χ2v) is 6.10. The Morgan fingerprint density at radius 2 is 1.86 bits per heavy atom. The molecule has 4 rings (SSSR count).